The lowest BCUT2D eigenvalue weighted by Gasteiger charge is -2.35. The SMILES string of the molecule is Cc1onc(C(=O)N2CCN(c3ccc(F)cc3)CC2)c1-c1ccccc1Cl. The Morgan fingerprint density at radius 1 is 1.07 bits per heavy atom. The minimum Gasteiger partial charge on any atom is -0.368 e. The number of rotatable bonds is 3. The molecule has 4 rings (SSSR count). The van der Waals surface area contributed by atoms with Gasteiger partial charge >= 0.3 is 0 Å². The molecule has 0 saturated carbocycles. The number of carbonyl (C=O) groups is 1. The summed E-state index contributed by atoms with van der Waals surface area (Å²) in [7, 11) is 0. The van der Waals surface area contributed by atoms with Gasteiger partial charge in [-0.3, -0.25) is 4.79 Å². The van der Waals surface area contributed by atoms with Crippen LogP contribution in [0, 0.1) is 12.7 Å². The lowest BCUT2D eigenvalue weighted by molar-refractivity contribution is 0.0737. The maximum atomic E-state index is 13.1. The maximum absolute atomic E-state index is 13.1. The number of nitrogens with zero attached hydrogens (tertiary/aromatic N) is 3. The van der Waals surface area contributed by atoms with Gasteiger partial charge in [0.05, 0.1) is 5.56 Å². The Morgan fingerprint density at radius 3 is 2.43 bits per heavy atom. The quantitative estimate of drug-likeness (QED) is 0.654. The van der Waals surface area contributed by atoms with Crippen LogP contribution in [0.1, 0.15) is 16.2 Å². The second-order valence-corrected chi connectivity index (χ2v) is 7.11. The van der Waals surface area contributed by atoms with Gasteiger partial charge in [0.15, 0.2) is 5.69 Å². The maximum Gasteiger partial charge on any atom is 0.276 e. The molecule has 144 valence electrons. The minimum absolute atomic E-state index is 0.175. The summed E-state index contributed by atoms with van der Waals surface area (Å²) in [6.45, 7) is 4.19. The highest BCUT2D eigenvalue weighted by molar-refractivity contribution is 6.33. The van der Waals surface area contributed by atoms with Gasteiger partial charge in [-0.15, -0.1) is 0 Å². The summed E-state index contributed by atoms with van der Waals surface area (Å²) in [6.07, 6.45) is 0. The zero-order valence-electron chi connectivity index (χ0n) is 15.4. The standard InChI is InChI=1S/C21H19ClFN3O2/c1-14-19(17-4-2-3-5-18(17)22)20(24-28-14)21(27)26-12-10-25(11-13-26)16-8-6-15(23)7-9-16/h2-9H,10-13H2,1H3. The van der Waals surface area contributed by atoms with Crippen molar-refractivity contribution in [2.45, 2.75) is 6.92 Å². The van der Waals surface area contributed by atoms with Crippen molar-refractivity contribution >= 4 is 23.2 Å². The molecule has 1 aliphatic rings. The number of amides is 1. The molecule has 0 N–H and O–H groups in total. The average Bonchev–Trinajstić information content (AvgIpc) is 3.10. The number of benzene rings is 2. The average molecular weight is 400 g/mol. The number of halogens is 2. The lowest BCUT2D eigenvalue weighted by Crippen LogP contribution is -2.49. The van der Waals surface area contributed by atoms with Crippen LogP contribution in [-0.2, 0) is 0 Å². The van der Waals surface area contributed by atoms with Crippen molar-refractivity contribution in [3.05, 3.63) is 70.8 Å². The molecule has 0 unspecified atom stereocenters. The van der Waals surface area contributed by atoms with E-state index in [9.17, 15) is 9.18 Å². The second kappa shape index (κ2) is 7.64. The van der Waals surface area contributed by atoms with Crippen LogP contribution in [0.15, 0.2) is 53.1 Å². The van der Waals surface area contributed by atoms with Gasteiger partial charge in [-0.05, 0) is 37.3 Å². The molecule has 1 aromatic heterocycles. The van der Waals surface area contributed by atoms with Crippen LogP contribution < -0.4 is 4.90 Å². The van der Waals surface area contributed by atoms with E-state index in [0.29, 0.717) is 42.5 Å². The molecule has 0 atom stereocenters. The molecular formula is C21H19ClFN3O2. The largest absolute Gasteiger partial charge is 0.368 e. The van der Waals surface area contributed by atoms with Crippen LogP contribution in [0.4, 0.5) is 10.1 Å². The third kappa shape index (κ3) is 3.47. The molecule has 3 aromatic rings. The number of carbonyl (C=O) groups excluding carboxylic acids is 1. The molecule has 0 spiro atoms. The van der Waals surface area contributed by atoms with Crippen LogP contribution >= 0.6 is 11.6 Å². The van der Waals surface area contributed by atoms with E-state index in [1.165, 1.54) is 12.1 Å². The van der Waals surface area contributed by atoms with Gasteiger partial charge in [-0.1, -0.05) is 35.0 Å². The summed E-state index contributed by atoms with van der Waals surface area (Å²) in [4.78, 5) is 17.0. The highest BCUT2D eigenvalue weighted by atomic mass is 35.5. The van der Waals surface area contributed by atoms with Crippen molar-refractivity contribution < 1.29 is 13.7 Å². The summed E-state index contributed by atoms with van der Waals surface area (Å²) in [6, 6.07) is 13.7. The monoisotopic (exact) mass is 399 g/mol. The molecule has 0 radical (unpaired) electrons. The molecule has 0 aliphatic carbocycles. The number of piperazine rings is 1. The molecule has 1 amide bonds. The van der Waals surface area contributed by atoms with Gasteiger partial charge in [0.2, 0.25) is 0 Å². The van der Waals surface area contributed by atoms with Crippen LogP contribution in [0.2, 0.25) is 5.02 Å². The van der Waals surface area contributed by atoms with Crippen molar-refractivity contribution in [3.8, 4) is 11.1 Å². The summed E-state index contributed by atoms with van der Waals surface area (Å²) in [5, 5.41) is 4.56. The molecule has 7 heteroatoms. The molecule has 1 saturated heterocycles. The molecule has 28 heavy (non-hydrogen) atoms. The first kappa shape index (κ1) is 18.5. The molecule has 0 bridgehead atoms. The first-order valence-electron chi connectivity index (χ1n) is 9.05. The van der Waals surface area contributed by atoms with Gasteiger partial charge in [0, 0.05) is 42.5 Å². The highest BCUT2D eigenvalue weighted by Gasteiger charge is 2.29. The fourth-order valence-corrected chi connectivity index (χ4v) is 3.70. The Bertz CT molecular complexity index is 995. The van der Waals surface area contributed by atoms with Gasteiger partial charge in [-0.2, -0.15) is 0 Å². The van der Waals surface area contributed by atoms with E-state index in [1.807, 2.05) is 18.2 Å². The first-order chi connectivity index (χ1) is 13.5. The van der Waals surface area contributed by atoms with Crippen molar-refractivity contribution in [1.82, 2.24) is 10.1 Å². The molecule has 5 nitrogen and oxygen atoms in total. The molecular weight excluding hydrogens is 381 g/mol. The number of anilines is 1. The Morgan fingerprint density at radius 2 is 1.75 bits per heavy atom. The summed E-state index contributed by atoms with van der Waals surface area (Å²) >= 11 is 6.32. The molecule has 1 fully saturated rings. The Balaban J connectivity index is 1.52. The van der Waals surface area contributed by atoms with E-state index in [2.05, 4.69) is 10.1 Å². The number of aryl methyl sites for hydroxylation is 1. The van der Waals surface area contributed by atoms with Crippen molar-refractivity contribution in [3.63, 3.8) is 0 Å². The van der Waals surface area contributed by atoms with Gasteiger partial charge in [0.25, 0.3) is 5.91 Å². The van der Waals surface area contributed by atoms with Crippen molar-refractivity contribution in [2.24, 2.45) is 0 Å². The second-order valence-electron chi connectivity index (χ2n) is 6.70. The predicted octanol–water partition coefficient (Wildman–Crippen LogP) is 4.40. The predicted molar refractivity (Wildman–Crippen MR) is 106 cm³/mol. The van der Waals surface area contributed by atoms with E-state index in [0.717, 1.165) is 11.3 Å². The molecule has 2 heterocycles. The van der Waals surface area contributed by atoms with Crippen molar-refractivity contribution in [2.75, 3.05) is 31.1 Å². The Labute approximate surface area is 167 Å². The minimum atomic E-state index is -0.258. The fraction of sp³-hybridized carbons (Fsp3) is 0.238. The van der Waals surface area contributed by atoms with Gasteiger partial charge < -0.3 is 14.3 Å². The van der Waals surface area contributed by atoms with E-state index < -0.39 is 0 Å². The van der Waals surface area contributed by atoms with Gasteiger partial charge in [-0.25, -0.2) is 4.39 Å². The zero-order chi connectivity index (χ0) is 19.7. The Hall–Kier alpha value is -2.86. The van der Waals surface area contributed by atoms with E-state index in [-0.39, 0.29) is 17.4 Å². The third-order valence-electron chi connectivity index (χ3n) is 4.97. The summed E-state index contributed by atoms with van der Waals surface area (Å²) < 4.78 is 18.4. The zero-order valence-corrected chi connectivity index (χ0v) is 16.1. The van der Waals surface area contributed by atoms with Gasteiger partial charge in [0.1, 0.15) is 11.6 Å². The smallest absolute Gasteiger partial charge is 0.276 e. The fourth-order valence-electron chi connectivity index (χ4n) is 3.47. The topological polar surface area (TPSA) is 49.6 Å². The number of aromatic nitrogens is 1. The number of hydrogen-bond donors (Lipinski definition) is 0. The summed E-state index contributed by atoms with van der Waals surface area (Å²) in [5.41, 5.74) is 2.59. The Kier molecular flexibility index (Phi) is 5.05. The van der Waals surface area contributed by atoms with Crippen LogP contribution in [-0.4, -0.2) is 42.1 Å². The summed E-state index contributed by atoms with van der Waals surface area (Å²) in [5.74, 6) is 0.123. The molecule has 1 aliphatic heterocycles. The highest BCUT2D eigenvalue weighted by Crippen LogP contribution is 2.33. The first-order valence-corrected chi connectivity index (χ1v) is 9.43. The number of hydrogen-bond acceptors (Lipinski definition) is 4. The lowest BCUT2D eigenvalue weighted by atomic mass is 10.0. The van der Waals surface area contributed by atoms with Crippen LogP contribution in [0.25, 0.3) is 11.1 Å². The van der Waals surface area contributed by atoms with E-state index >= 15 is 0 Å². The normalized spacial score (nSPS) is 14.4. The van der Waals surface area contributed by atoms with Crippen molar-refractivity contribution in [1.29, 1.82) is 0 Å². The molecule has 2 aromatic carbocycles. The van der Waals surface area contributed by atoms with Crippen LogP contribution in [0.3, 0.4) is 0 Å². The van der Waals surface area contributed by atoms with E-state index in [4.69, 9.17) is 16.1 Å². The third-order valence-corrected chi connectivity index (χ3v) is 5.30. The van der Waals surface area contributed by atoms with E-state index in [1.54, 1.807) is 30.0 Å². The van der Waals surface area contributed by atoms with Crippen LogP contribution in [0.5, 0.6) is 0 Å².